The third-order valence-electron chi connectivity index (χ3n) is 3.83. The zero-order valence-electron chi connectivity index (χ0n) is 11.5. The minimum atomic E-state index is -4.39. The highest BCUT2D eigenvalue weighted by atomic mass is 32.2. The highest BCUT2D eigenvalue weighted by molar-refractivity contribution is 7.89. The van der Waals surface area contributed by atoms with Gasteiger partial charge in [0.25, 0.3) is 0 Å². The van der Waals surface area contributed by atoms with Gasteiger partial charge in [-0.2, -0.15) is 17.5 Å². The van der Waals surface area contributed by atoms with Crippen LogP contribution in [0.5, 0.6) is 11.5 Å². The lowest BCUT2D eigenvalue weighted by atomic mass is 9.99. The van der Waals surface area contributed by atoms with Gasteiger partial charge >= 0.3 is 6.18 Å². The molecule has 1 aromatic carbocycles. The van der Waals surface area contributed by atoms with Crippen LogP contribution >= 0.6 is 0 Å². The van der Waals surface area contributed by atoms with Crippen molar-refractivity contribution in [2.75, 3.05) is 19.9 Å². The molecule has 2 aliphatic rings. The van der Waals surface area contributed by atoms with Gasteiger partial charge < -0.3 is 9.47 Å². The predicted molar refractivity (Wildman–Crippen MR) is 70.1 cm³/mol. The minimum Gasteiger partial charge on any atom is -0.454 e. The van der Waals surface area contributed by atoms with Gasteiger partial charge in [0, 0.05) is 19.2 Å². The minimum absolute atomic E-state index is 0.00129. The number of halogens is 3. The molecule has 2 aliphatic heterocycles. The zero-order chi connectivity index (χ0) is 16.0. The summed E-state index contributed by atoms with van der Waals surface area (Å²) in [5.41, 5.74) is 0. The number of benzene rings is 1. The van der Waals surface area contributed by atoms with Crippen LogP contribution in [0.4, 0.5) is 13.2 Å². The van der Waals surface area contributed by atoms with Crippen LogP contribution in [0, 0.1) is 5.92 Å². The van der Waals surface area contributed by atoms with Crippen molar-refractivity contribution in [2.45, 2.75) is 23.9 Å². The second-order valence-corrected chi connectivity index (χ2v) is 7.20. The molecule has 5 nitrogen and oxygen atoms in total. The van der Waals surface area contributed by atoms with E-state index < -0.39 is 28.7 Å². The number of hydrogen-bond acceptors (Lipinski definition) is 4. The van der Waals surface area contributed by atoms with Crippen molar-refractivity contribution in [1.82, 2.24) is 4.31 Å². The van der Waals surface area contributed by atoms with E-state index in [0.717, 1.165) is 4.31 Å². The molecule has 0 unspecified atom stereocenters. The molecule has 0 saturated carbocycles. The summed E-state index contributed by atoms with van der Waals surface area (Å²) in [5, 5.41) is 0. The van der Waals surface area contributed by atoms with Gasteiger partial charge in [-0.05, 0) is 25.0 Å². The molecule has 1 aromatic rings. The quantitative estimate of drug-likeness (QED) is 0.831. The number of sulfonamides is 1. The summed E-state index contributed by atoms with van der Waals surface area (Å²) in [7, 11) is -3.98. The Morgan fingerprint density at radius 2 is 1.91 bits per heavy atom. The third kappa shape index (κ3) is 2.74. The maximum Gasteiger partial charge on any atom is 0.393 e. The molecule has 0 radical (unpaired) electrons. The largest absolute Gasteiger partial charge is 0.454 e. The fraction of sp³-hybridized carbons (Fsp3) is 0.538. The van der Waals surface area contributed by atoms with Crippen LogP contribution in [0.3, 0.4) is 0 Å². The summed E-state index contributed by atoms with van der Waals surface area (Å²) in [6.07, 6.45) is -4.24. The van der Waals surface area contributed by atoms with E-state index in [9.17, 15) is 21.6 Å². The average molecular weight is 337 g/mol. The van der Waals surface area contributed by atoms with Gasteiger partial charge in [0.1, 0.15) is 0 Å². The fourth-order valence-corrected chi connectivity index (χ4v) is 4.15. The van der Waals surface area contributed by atoms with E-state index in [1.807, 2.05) is 0 Å². The second-order valence-electron chi connectivity index (χ2n) is 5.26. The number of piperidine rings is 1. The smallest absolute Gasteiger partial charge is 0.393 e. The Labute approximate surface area is 125 Å². The molecule has 1 atom stereocenters. The van der Waals surface area contributed by atoms with Crippen LogP contribution in [-0.2, 0) is 10.0 Å². The Morgan fingerprint density at radius 3 is 2.64 bits per heavy atom. The first kappa shape index (κ1) is 15.4. The molecule has 0 aliphatic carbocycles. The first-order valence-electron chi connectivity index (χ1n) is 6.75. The van der Waals surface area contributed by atoms with Crippen LogP contribution in [0.15, 0.2) is 23.1 Å². The van der Waals surface area contributed by atoms with E-state index in [0.29, 0.717) is 5.75 Å². The molecule has 0 aromatic heterocycles. The predicted octanol–water partition coefficient (Wildman–Crippen LogP) is 2.38. The number of ether oxygens (including phenoxy) is 2. The number of nitrogens with zero attached hydrogens (tertiary/aromatic N) is 1. The molecule has 3 rings (SSSR count). The molecule has 2 heterocycles. The van der Waals surface area contributed by atoms with E-state index in [1.165, 1.54) is 18.2 Å². The topological polar surface area (TPSA) is 55.8 Å². The van der Waals surface area contributed by atoms with E-state index in [4.69, 9.17) is 9.47 Å². The summed E-state index contributed by atoms with van der Waals surface area (Å²) < 4.78 is 74.6. The SMILES string of the molecule is O=S(=O)(c1ccc2c(c1)OCO2)N1CCC[C@@H](C(F)(F)F)C1. The molecular formula is C13H14F3NO4S. The lowest BCUT2D eigenvalue weighted by Crippen LogP contribution is -2.44. The molecule has 0 N–H and O–H groups in total. The Kier molecular flexibility index (Phi) is 3.72. The van der Waals surface area contributed by atoms with E-state index in [-0.39, 0.29) is 36.8 Å². The monoisotopic (exact) mass is 337 g/mol. The molecule has 0 spiro atoms. The number of rotatable bonds is 2. The van der Waals surface area contributed by atoms with Crippen molar-refractivity contribution >= 4 is 10.0 Å². The summed E-state index contributed by atoms with van der Waals surface area (Å²) in [6, 6.07) is 4.05. The van der Waals surface area contributed by atoms with Crippen LogP contribution < -0.4 is 9.47 Å². The summed E-state index contributed by atoms with van der Waals surface area (Å²) in [6.45, 7) is -0.456. The lowest BCUT2D eigenvalue weighted by molar-refractivity contribution is -0.182. The zero-order valence-corrected chi connectivity index (χ0v) is 12.3. The van der Waals surface area contributed by atoms with Gasteiger partial charge in [0.05, 0.1) is 10.8 Å². The third-order valence-corrected chi connectivity index (χ3v) is 5.69. The Hall–Kier alpha value is -1.48. The van der Waals surface area contributed by atoms with Gasteiger partial charge in [-0.25, -0.2) is 8.42 Å². The Balaban J connectivity index is 1.86. The van der Waals surface area contributed by atoms with E-state index in [1.54, 1.807) is 0 Å². The van der Waals surface area contributed by atoms with Crippen molar-refractivity contribution in [2.24, 2.45) is 5.92 Å². The molecule has 1 fully saturated rings. The van der Waals surface area contributed by atoms with Gasteiger partial charge in [-0.1, -0.05) is 0 Å². The Bertz CT molecular complexity index is 674. The van der Waals surface area contributed by atoms with Crippen LogP contribution in [0.25, 0.3) is 0 Å². The molecule has 1 saturated heterocycles. The highest BCUT2D eigenvalue weighted by Gasteiger charge is 2.44. The van der Waals surface area contributed by atoms with Gasteiger partial charge in [-0.3, -0.25) is 0 Å². The molecule has 122 valence electrons. The maximum atomic E-state index is 12.8. The van der Waals surface area contributed by atoms with Crippen LogP contribution in [0.2, 0.25) is 0 Å². The van der Waals surface area contributed by atoms with Crippen LogP contribution in [-0.4, -0.2) is 38.8 Å². The van der Waals surface area contributed by atoms with Crippen molar-refractivity contribution < 1.29 is 31.1 Å². The molecule has 22 heavy (non-hydrogen) atoms. The summed E-state index contributed by atoms with van der Waals surface area (Å²) in [4.78, 5) is -0.0837. The van der Waals surface area contributed by atoms with Crippen molar-refractivity contribution in [1.29, 1.82) is 0 Å². The van der Waals surface area contributed by atoms with Gasteiger partial charge in [-0.15, -0.1) is 0 Å². The first-order valence-corrected chi connectivity index (χ1v) is 8.19. The Morgan fingerprint density at radius 1 is 1.18 bits per heavy atom. The van der Waals surface area contributed by atoms with E-state index in [2.05, 4.69) is 0 Å². The van der Waals surface area contributed by atoms with Crippen molar-refractivity contribution in [3.8, 4) is 11.5 Å². The molecule has 0 amide bonds. The summed E-state index contributed by atoms with van der Waals surface area (Å²) >= 11 is 0. The highest BCUT2D eigenvalue weighted by Crippen LogP contribution is 2.37. The lowest BCUT2D eigenvalue weighted by Gasteiger charge is -2.32. The first-order chi connectivity index (χ1) is 10.3. The van der Waals surface area contributed by atoms with E-state index >= 15 is 0 Å². The summed E-state index contributed by atoms with van der Waals surface area (Å²) in [5.74, 6) is -0.916. The molecule has 0 bridgehead atoms. The fourth-order valence-electron chi connectivity index (χ4n) is 2.61. The van der Waals surface area contributed by atoms with Crippen LogP contribution in [0.1, 0.15) is 12.8 Å². The normalized spacial score (nSPS) is 22.8. The molecule has 9 heteroatoms. The van der Waals surface area contributed by atoms with Gasteiger partial charge in [0.2, 0.25) is 16.8 Å². The van der Waals surface area contributed by atoms with Crippen molar-refractivity contribution in [3.63, 3.8) is 0 Å². The maximum absolute atomic E-state index is 12.8. The number of hydrogen-bond donors (Lipinski definition) is 0. The average Bonchev–Trinajstić information content (AvgIpc) is 2.94. The second kappa shape index (κ2) is 5.31. The van der Waals surface area contributed by atoms with Crippen molar-refractivity contribution in [3.05, 3.63) is 18.2 Å². The molecular weight excluding hydrogens is 323 g/mol. The van der Waals surface area contributed by atoms with Gasteiger partial charge in [0.15, 0.2) is 11.5 Å². The number of fused-ring (bicyclic) bond motifs is 1. The standard InChI is InChI=1S/C13H14F3NO4S/c14-13(15,16)9-2-1-5-17(7-9)22(18,19)10-3-4-11-12(6-10)21-8-20-11/h3-4,6,9H,1-2,5,7-8H2/t9-/m1/s1. The number of alkyl halides is 3.